The van der Waals surface area contributed by atoms with Gasteiger partial charge in [0, 0.05) is 31.6 Å². The van der Waals surface area contributed by atoms with Crippen LogP contribution in [0.4, 0.5) is 5.13 Å². The molecule has 0 saturated carbocycles. The number of aryl methyl sites for hydroxylation is 1. The first kappa shape index (κ1) is 21.4. The van der Waals surface area contributed by atoms with E-state index in [1.165, 1.54) is 18.3 Å². The van der Waals surface area contributed by atoms with Crippen LogP contribution in [0, 0.1) is 18.3 Å². The Hall–Kier alpha value is -2.35. The highest BCUT2D eigenvalue weighted by molar-refractivity contribution is 7.19. The molecule has 1 aliphatic rings. The summed E-state index contributed by atoms with van der Waals surface area (Å²) in [4.78, 5) is 40.4. The van der Waals surface area contributed by atoms with Crippen LogP contribution in [0.25, 0.3) is 10.6 Å². The topological polar surface area (TPSA) is 88.1 Å². The molecule has 1 N–H and O–H groups in total. The van der Waals surface area contributed by atoms with Gasteiger partial charge in [-0.3, -0.25) is 14.6 Å². The van der Waals surface area contributed by atoms with Gasteiger partial charge in [-0.15, -0.1) is 0 Å². The first-order valence-corrected chi connectivity index (χ1v) is 10.8. The summed E-state index contributed by atoms with van der Waals surface area (Å²) in [6.45, 7) is 10.9. The van der Waals surface area contributed by atoms with Crippen molar-refractivity contribution in [3.63, 3.8) is 0 Å². The van der Waals surface area contributed by atoms with Gasteiger partial charge >= 0.3 is 0 Å². The fourth-order valence-corrected chi connectivity index (χ4v) is 4.61. The van der Waals surface area contributed by atoms with E-state index in [2.05, 4.69) is 15.3 Å². The summed E-state index contributed by atoms with van der Waals surface area (Å²) < 4.78 is 0. The third-order valence-corrected chi connectivity index (χ3v) is 6.04. The molecular weight excluding hydrogens is 386 g/mol. The number of carbonyl (C=O) groups is 2. The number of thiazole rings is 1. The van der Waals surface area contributed by atoms with Gasteiger partial charge in [0.25, 0.3) is 0 Å². The predicted molar refractivity (Wildman–Crippen MR) is 115 cm³/mol. The lowest BCUT2D eigenvalue weighted by molar-refractivity contribution is -0.141. The van der Waals surface area contributed by atoms with Gasteiger partial charge in [0.15, 0.2) is 5.13 Å². The first-order chi connectivity index (χ1) is 13.6. The summed E-state index contributed by atoms with van der Waals surface area (Å²) in [6, 6.07) is 0. The standard InChI is InChI=1S/C21H29N5O2S/c1-13-18(29-20(23-13)24-14(2)27)17-11-22-10-16(25-17)9-15-7-6-8-26(12-15)19(28)21(3,4)5/h10-11,15H,6-9,12H2,1-5H3,(H,23,24,27)/t15-/m1/s1. The fraction of sp³-hybridized carbons (Fsp3) is 0.571. The maximum absolute atomic E-state index is 12.6. The van der Waals surface area contributed by atoms with Crippen molar-refractivity contribution in [3.05, 3.63) is 23.8 Å². The van der Waals surface area contributed by atoms with Gasteiger partial charge in [-0.25, -0.2) is 9.97 Å². The highest BCUT2D eigenvalue weighted by Crippen LogP contribution is 2.32. The average molecular weight is 416 g/mol. The minimum Gasteiger partial charge on any atom is -0.342 e. The number of nitrogens with one attached hydrogen (secondary N) is 1. The van der Waals surface area contributed by atoms with Crippen molar-refractivity contribution in [3.8, 4) is 10.6 Å². The lowest BCUT2D eigenvalue weighted by atomic mass is 9.89. The number of hydrogen-bond donors (Lipinski definition) is 1. The van der Waals surface area contributed by atoms with Gasteiger partial charge < -0.3 is 10.2 Å². The molecule has 1 saturated heterocycles. The van der Waals surface area contributed by atoms with Crippen molar-refractivity contribution in [1.29, 1.82) is 0 Å². The largest absolute Gasteiger partial charge is 0.342 e. The van der Waals surface area contributed by atoms with E-state index in [1.807, 2.05) is 32.6 Å². The van der Waals surface area contributed by atoms with Crippen LogP contribution in [0.1, 0.15) is 51.9 Å². The second-order valence-electron chi connectivity index (χ2n) is 8.72. The fourth-order valence-electron chi connectivity index (χ4n) is 3.64. The van der Waals surface area contributed by atoms with Crippen LogP contribution in [0.2, 0.25) is 0 Å². The Morgan fingerprint density at radius 1 is 1.28 bits per heavy atom. The Kier molecular flexibility index (Phi) is 6.31. The van der Waals surface area contributed by atoms with Crippen LogP contribution < -0.4 is 5.32 Å². The number of aromatic nitrogens is 3. The number of likely N-dealkylation sites (tertiary alicyclic amines) is 1. The van der Waals surface area contributed by atoms with E-state index in [1.54, 1.807) is 12.4 Å². The SMILES string of the molecule is CC(=O)Nc1nc(C)c(-c2cncc(C[C@H]3CCCN(C(=O)C(C)(C)C)C3)n2)s1. The maximum Gasteiger partial charge on any atom is 0.227 e. The van der Waals surface area contributed by atoms with E-state index in [9.17, 15) is 9.59 Å². The van der Waals surface area contributed by atoms with E-state index in [0.717, 1.165) is 54.3 Å². The Balaban J connectivity index is 1.73. The van der Waals surface area contributed by atoms with Crippen molar-refractivity contribution in [1.82, 2.24) is 19.9 Å². The van der Waals surface area contributed by atoms with Crippen LogP contribution in [-0.4, -0.2) is 44.8 Å². The summed E-state index contributed by atoms with van der Waals surface area (Å²) >= 11 is 1.40. The second-order valence-corrected chi connectivity index (χ2v) is 9.72. The van der Waals surface area contributed by atoms with Crippen LogP contribution >= 0.6 is 11.3 Å². The number of anilines is 1. The van der Waals surface area contributed by atoms with Crippen molar-refractivity contribution < 1.29 is 9.59 Å². The predicted octanol–water partition coefficient (Wildman–Crippen LogP) is 3.69. The normalized spacial score (nSPS) is 17.3. The summed E-state index contributed by atoms with van der Waals surface area (Å²) in [7, 11) is 0. The van der Waals surface area contributed by atoms with Gasteiger partial charge in [0.2, 0.25) is 11.8 Å². The molecule has 0 radical (unpaired) electrons. The highest BCUT2D eigenvalue weighted by atomic mass is 32.1. The molecule has 0 aromatic carbocycles. The summed E-state index contributed by atoms with van der Waals surface area (Å²) in [5.74, 6) is 0.460. The average Bonchev–Trinajstić information content (AvgIpc) is 3.00. The molecule has 1 fully saturated rings. The quantitative estimate of drug-likeness (QED) is 0.823. The zero-order chi connectivity index (χ0) is 21.2. The second kappa shape index (κ2) is 8.57. The molecule has 3 heterocycles. The number of hydrogen-bond acceptors (Lipinski definition) is 6. The summed E-state index contributed by atoms with van der Waals surface area (Å²) in [5, 5.41) is 3.30. The van der Waals surface area contributed by atoms with Gasteiger partial charge in [-0.05, 0) is 32.1 Å². The Morgan fingerprint density at radius 2 is 2.03 bits per heavy atom. The highest BCUT2D eigenvalue weighted by Gasteiger charge is 2.31. The van der Waals surface area contributed by atoms with E-state index in [0.29, 0.717) is 11.0 Å². The maximum atomic E-state index is 12.6. The molecule has 156 valence electrons. The molecule has 29 heavy (non-hydrogen) atoms. The Labute approximate surface area is 176 Å². The van der Waals surface area contributed by atoms with E-state index in [-0.39, 0.29) is 17.2 Å². The van der Waals surface area contributed by atoms with E-state index >= 15 is 0 Å². The Morgan fingerprint density at radius 3 is 2.72 bits per heavy atom. The number of piperidine rings is 1. The van der Waals surface area contributed by atoms with Gasteiger partial charge in [-0.1, -0.05) is 32.1 Å². The third-order valence-electron chi connectivity index (χ3n) is 4.94. The third kappa shape index (κ3) is 5.38. The van der Waals surface area contributed by atoms with Gasteiger partial charge in [0.1, 0.15) is 5.69 Å². The molecule has 0 spiro atoms. The van der Waals surface area contributed by atoms with Gasteiger partial charge in [0.05, 0.1) is 22.5 Å². The molecule has 0 aliphatic carbocycles. The minimum absolute atomic E-state index is 0.142. The molecule has 2 aromatic heterocycles. The van der Waals surface area contributed by atoms with Crippen LogP contribution in [-0.2, 0) is 16.0 Å². The molecule has 8 heteroatoms. The molecule has 2 aromatic rings. The number of carbonyl (C=O) groups excluding carboxylic acids is 2. The smallest absolute Gasteiger partial charge is 0.227 e. The molecule has 0 bridgehead atoms. The number of nitrogens with zero attached hydrogens (tertiary/aromatic N) is 4. The molecule has 3 rings (SSSR count). The Bertz CT molecular complexity index is 903. The molecule has 1 aliphatic heterocycles. The lowest BCUT2D eigenvalue weighted by Gasteiger charge is -2.36. The van der Waals surface area contributed by atoms with E-state index in [4.69, 9.17) is 4.98 Å². The summed E-state index contributed by atoms with van der Waals surface area (Å²) in [6.07, 6.45) is 6.45. The molecule has 7 nitrogen and oxygen atoms in total. The molecular formula is C21H29N5O2S. The van der Waals surface area contributed by atoms with Crippen molar-refractivity contribution >= 4 is 28.3 Å². The number of amides is 2. The molecule has 2 amide bonds. The van der Waals surface area contributed by atoms with Gasteiger partial charge in [-0.2, -0.15) is 0 Å². The lowest BCUT2D eigenvalue weighted by Crippen LogP contribution is -2.45. The van der Waals surface area contributed by atoms with Crippen molar-refractivity contribution in [2.45, 2.75) is 53.9 Å². The minimum atomic E-state index is -0.350. The van der Waals surface area contributed by atoms with Crippen LogP contribution in [0.3, 0.4) is 0 Å². The van der Waals surface area contributed by atoms with Crippen LogP contribution in [0.15, 0.2) is 12.4 Å². The van der Waals surface area contributed by atoms with Crippen molar-refractivity contribution in [2.75, 3.05) is 18.4 Å². The van der Waals surface area contributed by atoms with Crippen LogP contribution in [0.5, 0.6) is 0 Å². The first-order valence-electron chi connectivity index (χ1n) is 9.99. The zero-order valence-corrected chi connectivity index (χ0v) is 18.6. The zero-order valence-electron chi connectivity index (χ0n) is 17.8. The van der Waals surface area contributed by atoms with E-state index < -0.39 is 0 Å². The number of rotatable bonds is 4. The molecule has 1 atom stereocenters. The molecule has 0 unspecified atom stereocenters. The van der Waals surface area contributed by atoms with Crippen molar-refractivity contribution in [2.24, 2.45) is 11.3 Å². The monoisotopic (exact) mass is 415 g/mol. The summed E-state index contributed by atoms with van der Waals surface area (Å²) in [5.41, 5.74) is 2.17.